The van der Waals surface area contributed by atoms with Crippen molar-refractivity contribution < 1.29 is 14.4 Å². The minimum absolute atomic E-state index is 0.0583. The first kappa shape index (κ1) is 25.3. The van der Waals surface area contributed by atoms with E-state index in [-0.39, 0.29) is 23.3 Å². The Bertz CT molecular complexity index is 1050. The minimum Gasteiger partial charge on any atom is -0.364 e. The van der Waals surface area contributed by atoms with Gasteiger partial charge in [-0.1, -0.05) is 18.7 Å². The third kappa shape index (κ3) is 6.52. The van der Waals surface area contributed by atoms with Crippen molar-refractivity contribution in [2.24, 2.45) is 5.73 Å². The van der Waals surface area contributed by atoms with Crippen LogP contribution in [-0.4, -0.2) is 66.3 Å². The molecule has 1 heterocycles. The highest BCUT2D eigenvalue weighted by atomic mass is 16.2. The number of anilines is 3. The number of benzene rings is 1. The third-order valence-electron chi connectivity index (χ3n) is 5.09. The Morgan fingerprint density at radius 1 is 1.21 bits per heavy atom. The number of nitrogens with one attached hydrogen (secondary N) is 2. The lowest BCUT2D eigenvalue weighted by Crippen LogP contribution is -2.45. The Labute approximate surface area is 193 Å². The van der Waals surface area contributed by atoms with Crippen LogP contribution < -0.4 is 21.3 Å². The summed E-state index contributed by atoms with van der Waals surface area (Å²) in [5.41, 5.74) is 7.81. The fourth-order valence-electron chi connectivity index (χ4n) is 3.12. The highest BCUT2D eigenvalue weighted by Gasteiger charge is 2.20. The molecule has 0 aliphatic carbocycles. The number of hydrogen-bond donors (Lipinski definition) is 3. The third-order valence-corrected chi connectivity index (χ3v) is 5.09. The molecule has 0 spiro atoms. The summed E-state index contributed by atoms with van der Waals surface area (Å²) in [5.74, 6) is -0.352. The summed E-state index contributed by atoms with van der Waals surface area (Å²) < 4.78 is 0. The van der Waals surface area contributed by atoms with Gasteiger partial charge in [0.25, 0.3) is 5.91 Å². The second-order valence-electron chi connectivity index (χ2n) is 7.78. The lowest BCUT2D eigenvalue weighted by Gasteiger charge is -2.22. The maximum atomic E-state index is 12.3. The number of likely N-dealkylation sites (N-methyl/N-ethyl adjacent to an activating group) is 1. The van der Waals surface area contributed by atoms with Gasteiger partial charge in [0.2, 0.25) is 11.8 Å². The SMILES string of the molecule is C=CC(=O)N(C)C(C)C(=O)NCCc1cccc(Nc2nc(N(C)C)c(C)nc2C(N)=O)c1. The monoisotopic (exact) mass is 453 g/mol. The summed E-state index contributed by atoms with van der Waals surface area (Å²) in [5, 5.41) is 5.96. The molecule has 1 atom stereocenters. The van der Waals surface area contributed by atoms with E-state index in [0.717, 1.165) is 5.56 Å². The fraction of sp³-hybridized carbons (Fsp3) is 0.348. The van der Waals surface area contributed by atoms with Crippen molar-refractivity contribution in [3.8, 4) is 0 Å². The van der Waals surface area contributed by atoms with Crippen molar-refractivity contribution in [2.75, 3.05) is 37.9 Å². The summed E-state index contributed by atoms with van der Waals surface area (Å²) >= 11 is 0. The van der Waals surface area contributed by atoms with Crippen LogP contribution in [0.25, 0.3) is 0 Å². The van der Waals surface area contributed by atoms with Crippen LogP contribution in [0.15, 0.2) is 36.9 Å². The van der Waals surface area contributed by atoms with Crippen molar-refractivity contribution in [2.45, 2.75) is 26.3 Å². The molecule has 10 nitrogen and oxygen atoms in total. The predicted octanol–water partition coefficient (Wildman–Crippen LogP) is 1.39. The molecule has 1 aromatic heterocycles. The van der Waals surface area contributed by atoms with Gasteiger partial charge in [0.1, 0.15) is 6.04 Å². The second kappa shape index (κ2) is 11.1. The van der Waals surface area contributed by atoms with Gasteiger partial charge in [-0.05, 0) is 44.0 Å². The molecule has 0 radical (unpaired) electrons. The molecule has 0 aliphatic rings. The van der Waals surface area contributed by atoms with Crippen LogP contribution in [0, 0.1) is 6.92 Å². The smallest absolute Gasteiger partial charge is 0.271 e. The largest absolute Gasteiger partial charge is 0.364 e. The normalized spacial score (nSPS) is 11.3. The fourth-order valence-corrected chi connectivity index (χ4v) is 3.12. The van der Waals surface area contributed by atoms with Crippen molar-refractivity contribution >= 4 is 35.0 Å². The van der Waals surface area contributed by atoms with Gasteiger partial charge in [-0.2, -0.15) is 0 Å². The molecule has 4 N–H and O–H groups in total. The zero-order valence-electron chi connectivity index (χ0n) is 19.7. The molecule has 176 valence electrons. The molecule has 0 fully saturated rings. The Balaban J connectivity index is 2.09. The molecule has 10 heteroatoms. The van der Waals surface area contributed by atoms with E-state index in [1.165, 1.54) is 11.0 Å². The first-order valence-electron chi connectivity index (χ1n) is 10.4. The number of hydrogen-bond acceptors (Lipinski definition) is 7. The van der Waals surface area contributed by atoms with Gasteiger partial charge < -0.3 is 26.2 Å². The predicted molar refractivity (Wildman–Crippen MR) is 128 cm³/mol. The van der Waals surface area contributed by atoms with Crippen LogP contribution in [0.3, 0.4) is 0 Å². The van der Waals surface area contributed by atoms with Crippen LogP contribution in [0.5, 0.6) is 0 Å². The lowest BCUT2D eigenvalue weighted by molar-refractivity contribution is -0.135. The van der Waals surface area contributed by atoms with E-state index in [0.29, 0.717) is 30.2 Å². The van der Waals surface area contributed by atoms with Crippen molar-refractivity contribution in [3.63, 3.8) is 0 Å². The van der Waals surface area contributed by atoms with Gasteiger partial charge in [-0.15, -0.1) is 0 Å². The molecule has 0 aliphatic heterocycles. The van der Waals surface area contributed by atoms with E-state index in [2.05, 4.69) is 27.2 Å². The molecule has 1 unspecified atom stereocenters. The summed E-state index contributed by atoms with van der Waals surface area (Å²) in [4.78, 5) is 47.8. The van der Waals surface area contributed by atoms with E-state index in [4.69, 9.17) is 5.73 Å². The van der Waals surface area contributed by atoms with Crippen molar-refractivity contribution in [1.29, 1.82) is 0 Å². The number of nitrogens with zero attached hydrogens (tertiary/aromatic N) is 4. The molecule has 1 aromatic carbocycles. The number of aromatic nitrogens is 2. The highest BCUT2D eigenvalue weighted by molar-refractivity contribution is 5.96. The average molecular weight is 454 g/mol. The number of aryl methyl sites for hydroxylation is 1. The van der Waals surface area contributed by atoms with Crippen LogP contribution in [-0.2, 0) is 16.0 Å². The van der Waals surface area contributed by atoms with Gasteiger partial charge in [-0.3, -0.25) is 14.4 Å². The van der Waals surface area contributed by atoms with Crippen LogP contribution in [0.4, 0.5) is 17.3 Å². The molecular formula is C23H31N7O3. The molecule has 33 heavy (non-hydrogen) atoms. The highest BCUT2D eigenvalue weighted by Crippen LogP contribution is 2.23. The maximum absolute atomic E-state index is 12.3. The first-order valence-corrected chi connectivity index (χ1v) is 10.4. The Morgan fingerprint density at radius 3 is 2.52 bits per heavy atom. The average Bonchev–Trinajstić information content (AvgIpc) is 2.78. The number of amides is 3. The number of carbonyl (C=O) groups excluding carboxylic acids is 3. The Morgan fingerprint density at radius 2 is 1.91 bits per heavy atom. The van der Waals surface area contributed by atoms with E-state index in [1.54, 1.807) is 25.8 Å². The Kier molecular flexibility index (Phi) is 8.49. The van der Waals surface area contributed by atoms with Crippen LogP contribution in [0.1, 0.15) is 28.7 Å². The topological polar surface area (TPSA) is 134 Å². The molecule has 0 bridgehead atoms. The number of primary amides is 1. The molecule has 0 saturated heterocycles. The van der Waals surface area contributed by atoms with E-state index >= 15 is 0 Å². The standard InChI is InChI=1S/C23H31N7O3/c1-7-18(31)30(6)15(3)23(33)25-12-11-16-9-8-10-17(13-16)27-21-19(20(24)32)26-14(2)22(28-21)29(4)5/h7-10,13,15H,1,11-12H2,2-6H3,(H2,24,32)(H,25,33)(H,27,28). The van der Waals surface area contributed by atoms with Crippen molar-refractivity contribution in [3.05, 3.63) is 53.9 Å². The molecule has 2 aromatic rings. The first-order chi connectivity index (χ1) is 15.5. The van der Waals surface area contributed by atoms with Crippen molar-refractivity contribution in [1.82, 2.24) is 20.2 Å². The summed E-state index contributed by atoms with van der Waals surface area (Å²) in [6.07, 6.45) is 1.74. The number of nitrogens with two attached hydrogens (primary N) is 1. The quantitative estimate of drug-likeness (QED) is 0.463. The Hall–Kier alpha value is -3.95. The zero-order chi connectivity index (χ0) is 24.7. The van der Waals surface area contributed by atoms with Gasteiger partial charge in [-0.25, -0.2) is 9.97 Å². The van der Waals surface area contributed by atoms with Crippen LogP contribution >= 0.6 is 0 Å². The van der Waals surface area contributed by atoms with Gasteiger partial charge in [0.05, 0.1) is 5.69 Å². The molecule has 3 amide bonds. The van der Waals surface area contributed by atoms with E-state index in [1.807, 2.05) is 38.4 Å². The zero-order valence-corrected chi connectivity index (χ0v) is 19.7. The lowest BCUT2D eigenvalue weighted by atomic mass is 10.1. The molecule has 0 saturated carbocycles. The second-order valence-corrected chi connectivity index (χ2v) is 7.78. The summed E-state index contributed by atoms with van der Waals surface area (Å²) in [6, 6.07) is 6.90. The van der Waals surface area contributed by atoms with Gasteiger partial charge in [0.15, 0.2) is 17.3 Å². The number of carbonyl (C=O) groups is 3. The van der Waals surface area contributed by atoms with E-state index < -0.39 is 11.9 Å². The summed E-state index contributed by atoms with van der Waals surface area (Å²) in [6.45, 7) is 7.24. The van der Waals surface area contributed by atoms with Gasteiger partial charge >= 0.3 is 0 Å². The molecular weight excluding hydrogens is 422 g/mol. The van der Waals surface area contributed by atoms with E-state index in [9.17, 15) is 14.4 Å². The molecule has 2 rings (SSSR count). The summed E-state index contributed by atoms with van der Waals surface area (Å²) in [7, 11) is 5.23. The maximum Gasteiger partial charge on any atom is 0.271 e. The van der Waals surface area contributed by atoms with Crippen LogP contribution in [0.2, 0.25) is 0 Å². The minimum atomic E-state index is -0.675. The number of rotatable bonds is 10. The van der Waals surface area contributed by atoms with Gasteiger partial charge in [0, 0.05) is 33.4 Å².